The number of aryl methyl sites for hydroxylation is 1. The molecule has 0 saturated carbocycles. The Kier molecular flexibility index (Phi) is 6.77. The van der Waals surface area contributed by atoms with Crippen molar-refractivity contribution >= 4 is 23.0 Å². The number of carbonyl (C=O) groups is 1. The topological polar surface area (TPSA) is 99.5 Å². The maximum absolute atomic E-state index is 13.5. The van der Waals surface area contributed by atoms with Crippen molar-refractivity contribution in [2.45, 2.75) is 52.2 Å². The van der Waals surface area contributed by atoms with Gasteiger partial charge in [-0.15, -0.1) is 5.10 Å². The van der Waals surface area contributed by atoms with Gasteiger partial charge >= 0.3 is 0 Å². The second kappa shape index (κ2) is 9.52. The molecule has 0 unspecified atom stereocenters. The number of halogens is 2. The molecule has 0 aliphatic heterocycles. The Morgan fingerprint density at radius 1 is 1.19 bits per heavy atom. The summed E-state index contributed by atoms with van der Waals surface area (Å²) in [6.07, 6.45) is 1.51. The fourth-order valence-corrected chi connectivity index (χ4v) is 4.46. The molecule has 3 N–H and O–H groups in total. The van der Waals surface area contributed by atoms with Gasteiger partial charge in [0.05, 0.1) is 17.2 Å². The molecule has 1 amide bonds. The van der Waals surface area contributed by atoms with Crippen LogP contribution < -0.4 is 10.9 Å². The molecule has 2 heterocycles. The van der Waals surface area contributed by atoms with Crippen LogP contribution in [0.3, 0.4) is 0 Å². The number of aromatic nitrogens is 3. The van der Waals surface area contributed by atoms with Crippen LogP contribution in [0.1, 0.15) is 66.7 Å². The number of rotatable bonds is 6. The molecular formula is C27H28ClFN4O3. The highest BCUT2D eigenvalue weighted by Gasteiger charge is 2.32. The summed E-state index contributed by atoms with van der Waals surface area (Å²) in [5.41, 5.74) is 1.39. The number of carbonyl (C=O) groups excluding carboxylic acids is 1. The Morgan fingerprint density at radius 3 is 2.44 bits per heavy atom. The fraction of sp³-hybridized carbons (Fsp3) is 0.296. The average Bonchev–Trinajstić information content (AvgIpc) is 3.20. The molecule has 0 bridgehead atoms. The lowest BCUT2D eigenvalue weighted by Gasteiger charge is -2.30. The highest BCUT2D eigenvalue weighted by Crippen LogP contribution is 2.30. The van der Waals surface area contributed by atoms with E-state index in [2.05, 4.69) is 15.4 Å². The number of H-pyrrole nitrogens is 1. The van der Waals surface area contributed by atoms with Crippen molar-refractivity contribution in [1.82, 2.24) is 19.9 Å². The molecule has 4 rings (SSSR count). The van der Waals surface area contributed by atoms with Crippen LogP contribution in [0, 0.1) is 12.7 Å². The summed E-state index contributed by atoms with van der Waals surface area (Å²) in [6.45, 7) is 8.77. The van der Waals surface area contributed by atoms with Gasteiger partial charge in [-0.3, -0.25) is 9.59 Å². The molecule has 7 nitrogen and oxygen atoms in total. The Bertz CT molecular complexity index is 1500. The number of benzene rings is 2. The predicted octanol–water partition coefficient (Wildman–Crippen LogP) is 5.16. The second-order valence-electron chi connectivity index (χ2n) is 9.78. The van der Waals surface area contributed by atoms with Crippen molar-refractivity contribution in [2.75, 3.05) is 0 Å². The SMILES string of the molecule is Cc1ccc(-c2nn3cc(C(=O)N[C@@H](c4ccc(F)cc4)C(C)(C)O)c(C(C)C)c3c(=O)[nH]2)cc1Cl. The summed E-state index contributed by atoms with van der Waals surface area (Å²) in [7, 11) is 0. The molecule has 0 aliphatic carbocycles. The van der Waals surface area contributed by atoms with Crippen molar-refractivity contribution in [3.05, 3.63) is 92.1 Å². The van der Waals surface area contributed by atoms with E-state index in [1.54, 1.807) is 19.9 Å². The standard InChI is InChI=1S/C27H28ClFN4O3/c1-14(2)21-19(25(34)30-23(27(4,5)36)16-8-10-18(29)11-9-16)13-33-22(21)26(35)31-24(32-33)17-7-6-15(3)20(28)12-17/h6-14,23,36H,1-5H3,(H,30,34)(H,31,32,35)/t23-/m0/s1. The zero-order chi connectivity index (χ0) is 26.4. The van der Waals surface area contributed by atoms with Gasteiger partial charge in [-0.1, -0.05) is 49.7 Å². The van der Waals surface area contributed by atoms with Gasteiger partial charge in [-0.2, -0.15) is 0 Å². The first-order chi connectivity index (χ1) is 16.9. The summed E-state index contributed by atoms with van der Waals surface area (Å²) in [6, 6.07) is 10.1. The van der Waals surface area contributed by atoms with E-state index in [9.17, 15) is 19.1 Å². The van der Waals surface area contributed by atoms with Gasteiger partial charge in [-0.25, -0.2) is 8.91 Å². The van der Waals surface area contributed by atoms with Gasteiger partial charge in [0.2, 0.25) is 0 Å². The molecule has 0 spiro atoms. The van der Waals surface area contributed by atoms with Crippen LogP contribution >= 0.6 is 11.6 Å². The quantitative estimate of drug-likeness (QED) is 0.334. The summed E-state index contributed by atoms with van der Waals surface area (Å²) in [5, 5.41) is 18.7. The normalized spacial score (nSPS) is 12.8. The minimum absolute atomic E-state index is 0.176. The van der Waals surface area contributed by atoms with Crippen LogP contribution in [0.5, 0.6) is 0 Å². The summed E-state index contributed by atoms with van der Waals surface area (Å²) >= 11 is 6.26. The van der Waals surface area contributed by atoms with Crippen molar-refractivity contribution in [3.63, 3.8) is 0 Å². The number of fused-ring (bicyclic) bond motifs is 1. The summed E-state index contributed by atoms with van der Waals surface area (Å²) in [5.74, 6) is -0.770. The maximum Gasteiger partial charge on any atom is 0.275 e. The number of hydrogen-bond acceptors (Lipinski definition) is 4. The van der Waals surface area contributed by atoms with Crippen molar-refractivity contribution in [2.24, 2.45) is 0 Å². The molecule has 0 fully saturated rings. The number of hydrogen-bond donors (Lipinski definition) is 3. The number of nitrogens with one attached hydrogen (secondary N) is 2. The van der Waals surface area contributed by atoms with Crippen molar-refractivity contribution in [1.29, 1.82) is 0 Å². The van der Waals surface area contributed by atoms with Gasteiger partial charge in [0, 0.05) is 22.3 Å². The zero-order valence-electron chi connectivity index (χ0n) is 20.7. The molecular weight excluding hydrogens is 483 g/mol. The molecule has 188 valence electrons. The van der Waals surface area contributed by atoms with E-state index >= 15 is 0 Å². The third kappa shape index (κ3) is 4.92. The monoisotopic (exact) mass is 510 g/mol. The smallest absolute Gasteiger partial charge is 0.275 e. The minimum atomic E-state index is -1.35. The first kappa shape index (κ1) is 25.6. The summed E-state index contributed by atoms with van der Waals surface area (Å²) < 4.78 is 14.9. The first-order valence-corrected chi connectivity index (χ1v) is 12.0. The summed E-state index contributed by atoms with van der Waals surface area (Å²) in [4.78, 5) is 29.5. The molecule has 2 aromatic carbocycles. The lowest BCUT2D eigenvalue weighted by Crippen LogP contribution is -2.42. The van der Waals surface area contributed by atoms with E-state index < -0.39 is 28.9 Å². The Labute approximate surface area is 212 Å². The molecule has 2 aromatic heterocycles. The highest BCUT2D eigenvalue weighted by molar-refractivity contribution is 6.31. The van der Waals surface area contributed by atoms with E-state index in [0.717, 1.165) is 5.56 Å². The van der Waals surface area contributed by atoms with Crippen LogP contribution in [-0.2, 0) is 0 Å². The largest absolute Gasteiger partial charge is 0.388 e. The molecule has 4 aromatic rings. The van der Waals surface area contributed by atoms with Crippen LogP contribution in [0.4, 0.5) is 4.39 Å². The maximum atomic E-state index is 13.5. The van der Waals surface area contributed by atoms with Gasteiger partial charge in [0.25, 0.3) is 11.5 Å². The molecule has 0 aliphatic rings. The van der Waals surface area contributed by atoms with Crippen LogP contribution in [0.2, 0.25) is 5.02 Å². The van der Waals surface area contributed by atoms with Gasteiger partial charge in [0.1, 0.15) is 11.3 Å². The lowest BCUT2D eigenvalue weighted by molar-refractivity contribution is 0.0343. The van der Waals surface area contributed by atoms with Gasteiger partial charge < -0.3 is 15.4 Å². The first-order valence-electron chi connectivity index (χ1n) is 11.6. The van der Waals surface area contributed by atoms with E-state index in [-0.39, 0.29) is 17.0 Å². The Hall–Kier alpha value is -3.49. The Balaban J connectivity index is 1.80. The highest BCUT2D eigenvalue weighted by atomic mass is 35.5. The number of aromatic amines is 1. The van der Waals surface area contributed by atoms with Crippen LogP contribution in [0.15, 0.2) is 53.5 Å². The van der Waals surface area contributed by atoms with Crippen molar-refractivity contribution < 1.29 is 14.3 Å². The van der Waals surface area contributed by atoms with Crippen LogP contribution in [-0.4, -0.2) is 31.2 Å². The number of aliphatic hydroxyl groups is 1. The zero-order valence-corrected chi connectivity index (χ0v) is 21.4. The van der Waals surface area contributed by atoms with E-state index in [1.807, 2.05) is 32.9 Å². The molecule has 0 saturated heterocycles. The van der Waals surface area contributed by atoms with Gasteiger partial charge in [-0.05, 0) is 56.0 Å². The van der Waals surface area contributed by atoms with Gasteiger partial charge in [0.15, 0.2) is 5.82 Å². The number of nitrogens with zero attached hydrogens (tertiary/aromatic N) is 2. The van der Waals surface area contributed by atoms with Crippen molar-refractivity contribution in [3.8, 4) is 11.4 Å². The molecule has 9 heteroatoms. The predicted molar refractivity (Wildman–Crippen MR) is 138 cm³/mol. The van der Waals surface area contributed by atoms with E-state index in [4.69, 9.17) is 11.6 Å². The Morgan fingerprint density at radius 2 is 1.86 bits per heavy atom. The molecule has 36 heavy (non-hydrogen) atoms. The number of amides is 1. The fourth-order valence-electron chi connectivity index (χ4n) is 4.28. The minimum Gasteiger partial charge on any atom is -0.388 e. The molecule has 0 radical (unpaired) electrons. The third-order valence-electron chi connectivity index (χ3n) is 6.13. The van der Waals surface area contributed by atoms with Crippen LogP contribution in [0.25, 0.3) is 16.9 Å². The molecule has 1 atom stereocenters. The third-order valence-corrected chi connectivity index (χ3v) is 6.54. The van der Waals surface area contributed by atoms with E-state index in [0.29, 0.717) is 27.5 Å². The average molecular weight is 511 g/mol. The van der Waals surface area contributed by atoms with E-state index in [1.165, 1.54) is 35.0 Å². The second-order valence-corrected chi connectivity index (χ2v) is 10.2. The lowest BCUT2D eigenvalue weighted by atomic mass is 9.91.